The number of aryl methyl sites for hydroxylation is 2. The summed E-state index contributed by atoms with van der Waals surface area (Å²) in [6.07, 6.45) is 5.17. The zero-order chi connectivity index (χ0) is 19.8. The van der Waals surface area contributed by atoms with Crippen LogP contribution in [-0.2, 0) is 22.4 Å². The summed E-state index contributed by atoms with van der Waals surface area (Å²) in [7, 11) is 0. The second-order valence-corrected chi connectivity index (χ2v) is 7.22. The van der Waals surface area contributed by atoms with Gasteiger partial charge in [0.2, 0.25) is 0 Å². The van der Waals surface area contributed by atoms with Gasteiger partial charge in [-0.05, 0) is 67.5 Å². The number of benzene rings is 2. The van der Waals surface area contributed by atoms with Crippen molar-refractivity contribution in [2.45, 2.75) is 39.0 Å². The minimum Gasteiger partial charge on any atom is -0.372 e. The predicted molar refractivity (Wildman–Crippen MR) is 114 cm³/mol. The highest BCUT2D eigenvalue weighted by atomic mass is 16.2. The summed E-state index contributed by atoms with van der Waals surface area (Å²) in [5.74, 6) is -1.22. The number of rotatable bonds is 7. The van der Waals surface area contributed by atoms with Crippen molar-refractivity contribution in [3.05, 3.63) is 59.7 Å². The Kier molecular flexibility index (Phi) is 7.06. The van der Waals surface area contributed by atoms with Crippen LogP contribution in [0.15, 0.2) is 48.5 Å². The van der Waals surface area contributed by atoms with E-state index in [1.807, 2.05) is 24.3 Å². The number of carbonyl (C=O) groups is 2. The topological polar surface area (TPSA) is 61.4 Å². The molecule has 1 aliphatic rings. The van der Waals surface area contributed by atoms with Crippen molar-refractivity contribution >= 4 is 23.2 Å². The van der Waals surface area contributed by atoms with Gasteiger partial charge >= 0.3 is 11.8 Å². The van der Waals surface area contributed by atoms with E-state index in [0.717, 1.165) is 32.4 Å². The third-order valence-corrected chi connectivity index (χ3v) is 5.16. The Morgan fingerprint density at radius 2 is 1.54 bits per heavy atom. The average molecular weight is 380 g/mol. The van der Waals surface area contributed by atoms with Gasteiger partial charge < -0.3 is 15.5 Å². The quantitative estimate of drug-likeness (QED) is 0.571. The second-order valence-electron chi connectivity index (χ2n) is 7.22. The number of nitrogens with one attached hydrogen (secondary N) is 2. The number of carbonyl (C=O) groups excluding carboxylic acids is 2. The van der Waals surface area contributed by atoms with Crippen LogP contribution in [0, 0.1) is 0 Å². The molecule has 28 heavy (non-hydrogen) atoms. The average Bonchev–Trinajstić information content (AvgIpc) is 3.27. The van der Waals surface area contributed by atoms with Crippen LogP contribution in [0.5, 0.6) is 0 Å². The third kappa shape index (κ3) is 5.59. The Morgan fingerprint density at radius 3 is 2.18 bits per heavy atom. The molecule has 148 valence electrons. The molecule has 0 saturated carbocycles. The largest absolute Gasteiger partial charge is 0.372 e. The zero-order valence-corrected chi connectivity index (χ0v) is 16.5. The van der Waals surface area contributed by atoms with Crippen molar-refractivity contribution in [2.75, 3.05) is 29.9 Å². The van der Waals surface area contributed by atoms with Crippen molar-refractivity contribution < 1.29 is 9.59 Å². The molecule has 1 heterocycles. The molecule has 2 N–H and O–H groups in total. The van der Waals surface area contributed by atoms with Crippen LogP contribution >= 0.6 is 0 Å². The van der Waals surface area contributed by atoms with Crippen molar-refractivity contribution in [1.82, 2.24) is 5.32 Å². The van der Waals surface area contributed by atoms with Gasteiger partial charge in [0.15, 0.2) is 0 Å². The molecule has 0 aromatic heterocycles. The first kappa shape index (κ1) is 19.9. The van der Waals surface area contributed by atoms with Crippen molar-refractivity contribution in [1.29, 1.82) is 0 Å². The Hall–Kier alpha value is -2.82. The van der Waals surface area contributed by atoms with Crippen molar-refractivity contribution in [2.24, 2.45) is 0 Å². The van der Waals surface area contributed by atoms with Crippen molar-refractivity contribution in [3.63, 3.8) is 0 Å². The fourth-order valence-corrected chi connectivity index (χ4v) is 3.44. The molecular formula is C23H29N3O2. The van der Waals surface area contributed by atoms with E-state index in [1.54, 1.807) is 0 Å². The lowest BCUT2D eigenvalue weighted by molar-refractivity contribution is -0.136. The standard InChI is InChI=1S/C23H29N3O2/c1-2-18-7-11-20(12-8-18)25-23(28)22(27)24-15-5-6-19-9-13-21(14-10-19)26-16-3-4-17-26/h7-14H,2-6,15-17H2,1H3,(H,24,27)(H,25,28). The molecule has 1 fully saturated rings. The normalized spacial score (nSPS) is 13.4. The molecule has 0 aliphatic carbocycles. The zero-order valence-electron chi connectivity index (χ0n) is 16.5. The first-order valence-corrected chi connectivity index (χ1v) is 10.2. The van der Waals surface area contributed by atoms with E-state index in [1.165, 1.54) is 29.7 Å². The second kappa shape index (κ2) is 9.93. The van der Waals surface area contributed by atoms with Gasteiger partial charge in [0, 0.05) is 31.0 Å². The van der Waals surface area contributed by atoms with Gasteiger partial charge in [-0.2, -0.15) is 0 Å². The summed E-state index contributed by atoms with van der Waals surface area (Å²) in [5.41, 5.74) is 4.36. The van der Waals surface area contributed by atoms with Gasteiger partial charge in [0.25, 0.3) is 0 Å². The third-order valence-electron chi connectivity index (χ3n) is 5.16. The SMILES string of the molecule is CCc1ccc(NC(=O)C(=O)NCCCc2ccc(N3CCCC3)cc2)cc1. The van der Waals surface area contributed by atoms with E-state index in [4.69, 9.17) is 0 Å². The molecule has 5 heteroatoms. The van der Waals surface area contributed by atoms with Crippen LogP contribution < -0.4 is 15.5 Å². The fraction of sp³-hybridized carbons (Fsp3) is 0.391. The Labute approximate surface area is 167 Å². The van der Waals surface area contributed by atoms with Crippen molar-refractivity contribution in [3.8, 4) is 0 Å². The minimum absolute atomic E-state index is 0.481. The van der Waals surface area contributed by atoms with Gasteiger partial charge in [0.1, 0.15) is 0 Å². The molecule has 3 rings (SSSR count). The van der Waals surface area contributed by atoms with Gasteiger partial charge in [0.05, 0.1) is 0 Å². The summed E-state index contributed by atoms with van der Waals surface area (Å²) in [6, 6.07) is 16.2. The summed E-state index contributed by atoms with van der Waals surface area (Å²) in [5, 5.41) is 5.32. The van der Waals surface area contributed by atoms with Crippen LogP contribution in [-0.4, -0.2) is 31.4 Å². The lowest BCUT2D eigenvalue weighted by Gasteiger charge is -2.17. The highest BCUT2D eigenvalue weighted by Crippen LogP contribution is 2.20. The molecular weight excluding hydrogens is 350 g/mol. The lowest BCUT2D eigenvalue weighted by Crippen LogP contribution is -2.36. The smallest absolute Gasteiger partial charge is 0.313 e. The van der Waals surface area contributed by atoms with Crippen LogP contribution in [0.25, 0.3) is 0 Å². The molecule has 0 atom stereocenters. The van der Waals surface area contributed by atoms with Crippen LogP contribution in [0.2, 0.25) is 0 Å². The summed E-state index contributed by atoms with van der Waals surface area (Å²) in [4.78, 5) is 26.3. The summed E-state index contributed by atoms with van der Waals surface area (Å²) >= 11 is 0. The summed E-state index contributed by atoms with van der Waals surface area (Å²) in [6.45, 7) is 4.85. The molecule has 5 nitrogen and oxygen atoms in total. The number of anilines is 2. The van der Waals surface area contributed by atoms with E-state index in [9.17, 15) is 9.59 Å². The highest BCUT2D eigenvalue weighted by molar-refractivity contribution is 6.39. The maximum atomic E-state index is 12.0. The molecule has 1 aliphatic heterocycles. The highest BCUT2D eigenvalue weighted by Gasteiger charge is 2.13. The van der Waals surface area contributed by atoms with Gasteiger partial charge in [-0.3, -0.25) is 9.59 Å². The lowest BCUT2D eigenvalue weighted by atomic mass is 10.1. The monoisotopic (exact) mass is 379 g/mol. The molecule has 2 amide bonds. The first-order chi connectivity index (χ1) is 13.7. The number of amides is 2. The van der Waals surface area contributed by atoms with E-state index >= 15 is 0 Å². The number of hydrogen-bond donors (Lipinski definition) is 2. The predicted octanol–water partition coefficient (Wildman–Crippen LogP) is 3.54. The maximum Gasteiger partial charge on any atom is 0.313 e. The van der Waals surface area contributed by atoms with Crippen LogP contribution in [0.3, 0.4) is 0 Å². The Bertz CT molecular complexity index is 778. The van der Waals surface area contributed by atoms with E-state index in [0.29, 0.717) is 12.2 Å². The molecule has 0 bridgehead atoms. The van der Waals surface area contributed by atoms with Gasteiger partial charge in [-0.1, -0.05) is 31.2 Å². The molecule has 1 saturated heterocycles. The summed E-state index contributed by atoms with van der Waals surface area (Å²) < 4.78 is 0. The van der Waals surface area contributed by atoms with Crippen LogP contribution in [0.4, 0.5) is 11.4 Å². The number of hydrogen-bond acceptors (Lipinski definition) is 3. The molecule has 0 unspecified atom stereocenters. The Morgan fingerprint density at radius 1 is 0.893 bits per heavy atom. The van der Waals surface area contributed by atoms with Gasteiger partial charge in [-0.25, -0.2) is 0 Å². The minimum atomic E-state index is -0.626. The molecule has 0 radical (unpaired) electrons. The molecule has 2 aromatic rings. The number of nitrogens with zero attached hydrogens (tertiary/aromatic N) is 1. The first-order valence-electron chi connectivity index (χ1n) is 10.2. The van der Waals surface area contributed by atoms with Gasteiger partial charge in [-0.15, -0.1) is 0 Å². The maximum absolute atomic E-state index is 12.0. The fourth-order valence-electron chi connectivity index (χ4n) is 3.44. The van der Waals surface area contributed by atoms with E-state index < -0.39 is 11.8 Å². The molecule has 2 aromatic carbocycles. The molecule has 0 spiro atoms. The van der Waals surface area contributed by atoms with Crippen LogP contribution in [0.1, 0.15) is 37.3 Å². The van der Waals surface area contributed by atoms with E-state index in [-0.39, 0.29) is 0 Å². The van der Waals surface area contributed by atoms with E-state index in [2.05, 4.69) is 46.7 Å². The Balaban J connectivity index is 1.36.